The predicted octanol–water partition coefficient (Wildman–Crippen LogP) is 4.46. The molecule has 0 radical (unpaired) electrons. The van der Waals surface area contributed by atoms with Crippen LogP contribution in [-0.2, 0) is 4.79 Å². The summed E-state index contributed by atoms with van der Waals surface area (Å²) in [6.07, 6.45) is 1.64. The highest BCUT2D eigenvalue weighted by molar-refractivity contribution is 8.00. The fourth-order valence-electron chi connectivity index (χ4n) is 3.07. The number of nitrogens with one attached hydrogen (secondary N) is 1. The normalized spacial score (nSPS) is 12.2. The van der Waals surface area contributed by atoms with Gasteiger partial charge in [0.2, 0.25) is 5.91 Å². The molecule has 1 amide bonds. The lowest BCUT2D eigenvalue weighted by Gasteiger charge is -2.17. The van der Waals surface area contributed by atoms with Crippen molar-refractivity contribution in [3.63, 3.8) is 0 Å². The number of fused-ring (bicyclic) bond motifs is 1. The highest BCUT2D eigenvalue weighted by atomic mass is 32.2. The van der Waals surface area contributed by atoms with Gasteiger partial charge in [0.15, 0.2) is 5.16 Å². The maximum absolute atomic E-state index is 13.6. The molecule has 0 spiro atoms. The summed E-state index contributed by atoms with van der Waals surface area (Å²) in [6.45, 7) is 13.8. The van der Waals surface area contributed by atoms with E-state index in [2.05, 4.69) is 11.9 Å². The van der Waals surface area contributed by atoms with Gasteiger partial charge in [-0.05, 0) is 57.4 Å². The van der Waals surface area contributed by atoms with Crippen LogP contribution in [0, 0.1) is 27.7 Å². The van der Waals surface area contributed by atoms with Gasteiger partial charge in [-0.1, -0.05) is 30.0 Å². The van der Waals surface area contributed by atoms with Crippen molar-refractivity contribution in [3.8, 4) is 5.69 Å². The third-order valence-electron chi connectivity index (χ3n) is 5.06. The van der Waals surface area contributed by atoms with Crippen LogP contribution in [0.3, 0.4) is 0 Å². The van der Waals surface area contributed by atoms with E-state index in [-0.39, 0.29) is 11.5 Å². The van der Waals surface area contributed by atoms with Gasteiger partial charge in [-0.3, -0.25) is 14.2 Å². The van der Waals surface area contributed by atoms with Gasteiger partial charge in [0.05, 0.1) is 16.3 Å². The summed E-state index contributed by atoms with van der Waals surface area (Å²) >= 11 is 2.81. The van der Waals surface area contributed by atoms with E-state index in [9.17, 15) is 9.59 Å². The van der Waals surface area contributed by atoms with Crippen LogP contribution in [0.4, 0.5) is 0 Å². The van der Waals surface area contributed by atoms with Crippen molar-refractivity contribution in [2.75, 3.05) is 6.54 Å². The van der Waals surface area contributed by atoms with Gasteiger partial charge in [0, 0.05) is 11.4 Å². The molecule has 2 heterocycles. The second-order valence-electron chi connectivity index (χ2n) is 7.01. The fraction of sp³-hybridized carbons (Fsp3) is 0.318. The number of hydrogen-bond donors (Lipinski definition) is 1. The van der Waals surface area contributed by atoms with Crippen molar-refractivity contribution in [3.05, 3.63) is 62.8 Å². The maximum Gasteiger partial charge on any atom is 0.267 e. The topological polar surface area (TPSA) is 64.0 Å². The molecule has 3 rings (SSSR count). The quantitative estimate of drug-likeness (QED) is 0.358. The molecule has 1 N–H and O–H groups in total. The number of carbonyl (C=O) groups is 1. The molecule has 5 nitrogen and oxygen atoms in total. The lowest BCUT2D eigenvalue weighted by Crippen LogP contribution is -2.32. The summed E-state index contributed by atoms with van der Waals surface area (Å²) in [5.74, 6) is -0.115. The molecule has 0 saturated heterocycles. The summed E-state index contributed by atoms with van der Waals surface area (Å²) in [5, 5.41) is 3.58. The van der Waals surface area contributed by atoms with Crippen LogP contribution >= 0.6 is 23.1 Å². The molecular weight excluding hydrogens is 402 g/mol. The Morgan fingerprint density at radius 1 is 1.31 bits per heavy atom. The zero-order valence-electron chi connectivity index (χ0n) is 17.3. The van der Waals surface area contributed by atoms with Crippen LogP contribution in [0.15, 0.2) is 40.8 Å². The minimum absolute atomic E-state index is 0.0910. The molecule has 152 valence electrons. The number of carbonyl (C=O) groups excluding carboxylic acids is 1. The molecule has 0 bridgehead atoms. The van der Waals surface area contributed by atoms with Gasteiger partial charge in [-0.25, -0.2) is 4.98 Å². The smallest absolute Gasteiger partial charge is 0.267 e. The van der Waals surface area contributed by atoms with E-state index < -0.39 is 5.25 Å². The van der Waals surface area contributed by atoms with Gasteiger partial charge >= 0.3 is 0 Å². The van der Waals surface area contributed by atoms with Crippen molar-refractivity contribution in [1.29, 1.82) is 0 Å². The molecule has 2 aromatic heterocycles. The summed E-state index contributed by atoms with van der Waals surface area (Å²) in [5.41, 5.74) is 3.79. The largest absolute Gasteiger partial charge is 0.352 e. The Hall–Kier alpha value is -2.38. The summed E-state index contributed by atoms with van der Waals surface area (Å²) < 4.78 is 1.66. The monoisotopic (exact) mass is 427 g/mol. The second kappa shape index (κ2) is 8.55. The minimum Gasteiger partial charge on any atom is -0.352 e. The van der Waals surface area contributed by atoms with Crippen molar-refractivity contribution in [2.24, 2.45) is 0 Å². The van der Waals surface area contributed by atoms with E-state index in [0.29, 0.717) is 21.9 Å². The Balaban J connectivity index is 2.22. The summed E-state index contributed by atoms with van der Waals surface area (Å²) in [6, 6.07) is 5.89. The third kappa shape index (κ3) is 4.02. The number of rotatable bonds is 6. The number of aromatic nitrogens is 2. The van der Waals surface area contributed by atoms with E-state index in [1.54, 1.807) is 10.6 Å². The first-order valence-electron chi connectivity index (χ1n) is 9.40. The van der Waals surface area contributed by atoms with Crippen molar-refractivity contribution >= 4 is 39.2 Å². The first-order valence-corrected chi connectivity index (χ1v) is 11.1. The molecule has 3 aromatic rings. The first-order chi connectivity index (χ1) is 13.8. The predicted molar refractivity (Wildman–Crippen MR) is 123 cm³/mol. The number of hydrogen-bond acceptors (Lipinski definition) is 5. The van der Waals surface area contributed by atoms with Gasteiger partial charge in [0.25, 0.3) is 5.56 Å². The average Bonchev–Trinajstić information content (AvgIpc) is 2.96. The number of benzene rings is 1. The number of thioether (sulfide) groups is 1. The lowest BCUT2D eigenvalue weighted by molar-refractivity contribution is -0.120. The van der Waals surface area contributed by atoms with Crippen molar-refractivity contribution in [1.82, 2.24) is 14.9 Å². The Labute approximate surface area is 178 Å². The SMILES string of the molecule is C=CCNC(=O)C(C)Sc1nc2sc(C)c(C)c2c(=O)n1-c1cccc(C)c1C. The highest BCUT2D eigenvalue weighted by Crippen LogP contribution is 2.31. The number of thiophene rings is 1. The van der Waals surface area contributed by atoms with Gasteiger partial charge in [-0.15, -0.1) is 17.9 Å². The molecule has 1 aromatic carbocycles. The highest BCUT2D eigenvalue weighted by Gasteiger charge is 2.23. The van der Waals surface area contributed by atoms with Crippen LogP contribution in [0.25, 0.3) is 15.9 Å². The molecule has 0 saturated carbocycles. The Bertz CT molecular complexity index is 1160. The summed E-state index contributed by atoms with van der Waals surface area (Å²) in [4.78, 5) is 32.6. The number of amides is 1. The Kier molecular flexibility index (Phi) is 6.29. The lowest BCUT2D eigenvalue weighted by atomic mass is 10.1. The molecule has 0 fully saturated rings. The molecule has 1 unspecified atom stereocenters. The van der Waals surface area contributed by atoms with E-state index in [0.717, 1.165) is 27.3 Å². The first kappa shape index (κ1) is 21.3. The molecule has 0 aliphatic rings. The van der Waals surface area contributed by atoms with E-state index in [1.807, 2.05) is 52.8 Å². The molecule has 0 aliphatic heterocycles. The van der Waals surface area contributed by atoms with Crippen LogP contribution in [0.1, 0.15) is 28.5 Å². The van der Waals surface area contributed by atoms with E-state index in [4.69, 9.17) is 4.98 Å². The zero-order valence-corrected chi connectivity index (χ0v) is 19.0. The zero-order chi connectivity index (χ0) is 21.3. The maximum atomic E-state index is 13.6. The average molecular weight is 428 g/mol. The summed E-state index contributed by atoms with van der Waals surface area (Å²) in [7, 11) is 0. The third-order valence-corrected chi connectivity index (χ3v) is 7.21. The standard InChI is InChI=1S/C22H25N3O2S2/c1-7-11-23-19(26)16(6)29-22-24-20-18(14(4)15(5)28-20)21(27)25(22)17-10-8-9-12(2)13(17)3/h7-10,16H,1,11H2,2-6H3,(H,23,26). The molecular formula is C22H25N3O2S2. The van der Waals surface area contributed by atoms with Crippen LogP contribution in [-0.4, -0.2) is 27.3 Å². The second-order valence-corrected chi connectivity index (χ2v) is 9.52. The fourth-order valence-corrected chi connectivity index (χ4v) is 5.09. The van der Waals surface area contributed by atoms with Crippen molar-refractivity contribution < 1.29 is 4.79 Å². The van der Waals surface area contributed by atoms with Crippen molar-refractivity contribution in [2.45, 2.75) is 45.0 Å². The molecule has 1 atom stereocenters. The van der Waals surface area contributed by atoms with Gasteiger partial charge in [-0.2, -0.15) is 0 Å². The minimum atomic E-state index is -0.405. The van der Waals surface area contributed by atoms with Gasteiger partial charge in [0.1, 0.15) is 4.83 Å². The Morgan fingerprint density at radius 2 is 2.03 bits per heavy atom. The van der Waals surface area contributed by atoms with Gasteiger partial charge < -0.3 is 5.32 Å². The molecule has 7 heteroatoms. The van der Waals surface area contributed by atoms with Crippen LogP contribution in [0.2, 0.25) is 0 Å². The molecule has 0 aliphatic carbocycles. The Morgan fingerprint density at radius 3 is 2.72 bits per heavy atom. The van der Waals surface area contributed by atoms with Crippen LogP contribution in [0.5, 0.6) is 0 Å². The van der Waals surface area contributed by atoms with Crippen LogP contribution < -0.4 is 10.9 Å². The van der Waals surface area contributed by atoms with E-state index in [1.165, 1.54) is 23.1 Å². The molecule has 29 heavy (non-hydrogen) atoms. The number of nitrogens with zero attached hydrogens (tertiary/aromatic N) is 2. The number of aryl methyl sites for hydroxylation is 3. The van der Waals surface area contributed by atoms with E-state index >= 15 is 0 Å².